The zero-order valence-corrected chi connectivity index (χ0v) is 7.43. The van der Waals surface area contributed by atoms with E-state index in [9.17, 15) is 9.90 Å². The Morgan fingerprint density at radius 2 is 2.25 bits per heavy atom. The van der Waals surface area contributed by atoms with E-state index in [2.05, 4.69) is 0 Å². The Balaban J connectivity index is 3.25. The molecule has 1 N–H and O–H groups in total. The molecule has 0 atom stereocenters. The number of hydrogen-bond acceptors (Lipinski definition) is 2. The standard InChI is InChI=1S/C9H9ClO2/c1-2-6-4-9(12)7(5-11)3-8(6)10/h3-5,12H,2H2,1H3. The van der Waals surface area contributed by atoms with Crippen LogP contribution in [0.15, 0.2) is 12.1 Å². The average molecular weight is 185 g/mol. The number of phenols is 1. The second-order valence-corrected chi connectivity index (χ2v) is 2.88. The molecule has 0 aliphatic rings. The van der Waals surface area contributed by atoms with Crippen molar-refractivity contribution in [3.8, 4) is 5.75 Å². The van der Waals surface area contributed by atoms with Gasteiger partial charge in [-0.2, -0.15) is 0 Å². The smallest absolute Gasteiger partial charge is 0.153 e. The topological polar surface area (TPSA) is 37.3 Å². The number of carbonyl (C=O) groups is 1. The minimum absolute atomic E-state index is 0.00810. The summed E-state index contributed by atoms with van der Waals surface area (Å²) in [5.41, 5.74) is 1.08. The first-order valence-corrected chi connectivity index (χ1v) is 4.03. The largest absolute Gasteiger partial charge is 0.507 e. The van der Waals surface area contributed by atoms with Crippen LogP contribution >= 0.6 is 11.6 Å². The summed E-state index contributed by atoms with van der Waals surface area (Å²) < 4.78 is 0. The van der Waals surface area contributed by atoms with E-state index in [0.29, 0.717) is 11.3 Å². The van der Waals surface area contributed by atoms with E-state index in [1.807, 2.05) is 6.92 Å². The van der Waals surface area contributed by atoms with Gasteiger partial charge in [-0.1, -0.05) is 18.5 Å². The summed E-state index contributed by atoms with van der Waals surface area (Å²) in [5.74, 6) is -0.00810. The predicted octanol–water partition coefficient (Wildman–Crippen LogP) is 2.42. The molecule has 0 spiro atoms. The van der Waals surface area contributed by atoms with Crippen molar-refractivity contribution in [3.63, 3.8) is 0 Å². The maximum atomic E-state index is 10.4. The molecule has 0 aromatic heterocycles. The molecule has 0 radical (unpaired) electrons. The van der Waals surface area contributed by atoms with E-state index in [4.69, 9.17) is 11.6 Å². The van der Waals surface area contributed by atoms with Crippen molar-refractivity contribution in [2.24, 2.45) is 0 Å². The van der Waals surface area contributed by atoms with Gasteiger partial charge in [-0.15, -0.1) is 0 Å². The van der Waals surface area contributed by atoms with Gasteiger partial charge in [0.15, 0.2) is 6.29 Å². The summed E-state index contributed by atoms with van der Waals surface area (Å²) in [6.07, 6.45) is 1.33. The lowest BCUT2D eigenvalue weighted by Gasteiger charge is -2.03. The molecule has 0 saturated carbocycles. The summed E-state index contributed by atoms with van der Waals surface area (Å²) in [7, 11) is 0. The maximum Gasteiger partial charge on any atom is 0.153 e. The molecular formula is C9H9ClO2. The fourth-order valence-electron chi connectivity index (χ4n) is 0.986. The lowest BCUT2D eigenvalue weighted by atomic mass is 10.1. The van der Waals surface area contributed by atoms with E-state index in [1.54, 1.807) is 0 Å². The fourth-order valence-corrected chi connectivity index (χ4v) is 1.29. The zero-order chi connectivity index (χ0) is 9.14. The molecule has 0 saturated heterocycles. The van der Waals surface area contributed by atoms with Crippen molar-refractivity contribution in [2.45, 2.75) is 13.3 Å². The number of carbonyl (C=O) groups excluding carboxylic acids is 1. The molecule has 1 aromatic carbocycles. The molecule has 1 rings (SSSR count). The molecule has 2 nitrogen and oxygen atoms in total. The molecule has 0 heterocycles. The number of hydrogen-bond donors (Lipinski definition) is 1. The molecule has 64 valence electrons. The minimum Gasteiger partial charge on any atom is -0.507 e. The van der Waals surface area contributed by atoms with Crippen LogP contribution in [-0.4, -0.2) is 11.4 Å². The molecular weight excluding hydrogens is 176 g/mol. The second-order valence-electron chi connectivity index (χ2n) is 2.47. The molecule has 0 unspecified atom stereocenters. The Kier molecular flexibility index (Phi) is 2.71. The summed E-state index contributed by atoms with van der Waals surface area (Å²) in [4.78, 5) is 10.4. The summed E-state index contributed by atoms with van der Waals surface area (Å²) in [5, 5.41) is 9.78. The van der Waals surface area contributed by atoms with Gasteiger partial charge in [-0.3, -0.25) is 4.79 Å². The summed E-state index contributed by atoms with van der Waals surface area (Å²) >= 11 is 5.81. The second kappa shape index (κ2) is 3.59. The van der Waals surface area contributed by atoms with Gasteiger partial charge in [0.1, 0.15) is 5.75 Å². The van der Waals surface area contributed by atoms with E-state index in [-0.39, 0.29) is 11.3 Å². The molecule has 0 bridgehead atoms. The number of aldehydes is 1. The van der Waals surface area contributed by atoms with Gasteiger partial charge in [0.05, 0.1) is 5.56 Å². The number of aryl methyl sites for hydroxylation is 1. The highest BCUT2D eigenvalue weighted by Crippen LogP contribution is 2.25. The summed E-state index contributed by atoms with van der Waals surface area (Å²) in [6, 6.07) is 2.99. The molecule has 0 aliphatic heterocycles. The van der Waals surface area contributed by atoms with E-state index < -0.39 is 0 Å². The van der Waals surface area contributed by atoms with Crippen LogP contribution in [0.3, 0.4) is 0 Å². The SMILES string of the molecule is CCc1cc(O)c(C=O)cc1Cl. The van der Waals surface area contributed by atoms with Crippen molar-refractivity contribution in [2.75, 3.05) is 0 Å². The van der Waals surface area contributed by atoms with Gasteiger partial charge >= 0.3 is 0 Å². The van der Waals surface area contributed by atoms with Crippen LogP contribution in [0.1, 0.15) is 22.8 Å². The van der Waals surface area contributed by atoms with Crippen LogP contribution in [0, 0.1) is 0 Å². The fraction of sp³-hybridized carbons (Fsp3) is 0.222. The third kappa shape index (κ3) is 1.59. The number of halogens is 1. The van der Waals surface area contributed by atoms with Gasteiger partial charge in [-0.25, -0.2) is 0 Å². The molecule has 0 amide bonds. The number of phenolic OH excluding ortho intramolecular Hbond substituents is 1. The highest BCUT2D eigenvalue weighted by Gasteiger charge is 2.05. The first kappa shape index (κ1) is 9.07. The predicted molar refractivity (Wildman–Crippen MR) is 47.9 cm³/mol. The van der Waals surface area contributed by atoms with Crippen molar-refractivity contribution >= 4 is 17.9 Å². The third-order valence-electron chi connectivity index (χ3n) is 1.70. The normalized spacial score (nSPS) is 9.83. The van der Waals surface area contributed by atoms with E-state index in [0.717, 1.165) is 12.0 Å². The van der Waals surface area contributed by atoms with Crippen LogP contribution in [0.2, 0.25) is 5.02 Å². The monoisotopic (exact) mass is 184 g/mol. The quantitative estimate of drug-likeness (QED) is 0.717. The van der Waals surface area contributed by atoms with Crippen LogP contribution in [0.4, 0.5) is 0 Å². The molecule has 0 aliphatic carbocycles. The van der Waals surface area contributed by atoms with Crippen molar-refractivity contribution in [1.82, 2.24) is 0 Å². The van der Waals surface area contributed by atoms with Crippen molar-refractivity contribution < 1.29 is 9.90 Å². The highest BCUT2D eigenvalue weighted by atomic mass is 35.5. The first-order valence-electron chi connectivity index (χ1n) is 3.65. The Labute approximate surface area is 75.8 Å². The van der Waals surface area contributed by atoms with E-state index in [1.165, 1.54) is 12.1 Å². The Bertz CT molecular complexity index is 308. The first-order chi connectivity index (χ1) is 5.69. The Morgan fingerprint density at radius 1 is 1.58 bits per heavy atom. The molecule has 12 heavy (non-hydrogen) atoms. The van der Waals surface area contributed by atoms with Crippen LogP contribution in [0.25, 0.3) is 0 Å². The lowest BCUT2D eigenvalue weighted by molar-refractivity contribution is 0.112. The number of aromatic hydroxyl groups is 1. The van der Waals surface area contributed by atoms with Gasteiger partial charge in [-0.05, 0) is 24.1 Å². The Hall–Kier alpha value is -1.02. The summed E-state index contributed by atoms with van der Waals surface area (Å²) in [6.45, 7) is 1.93. The van der Waals surface area contributed by atoms with Crippen molar-refractivity contribution in [3.05, 3.63) is 28.3 Å². The van der Waals surface area contributed by atoms with Crippen molar-refractivity contribution in [1.29, 1.82) is 0 Å². The Morgan fingerprint density at radius 3 is 2.75 bits per heavy atom. The maximum absolute atomic E-state index is 10.4. The molecule has 3 heteroatoms. The minimum atomic E-state index is -0.00810. The van der Waals surface area contributed by atoms with Gasteiger partial charge in [0.25, 0.3) is 0 Å². The lowest BCUT2D eigenvalue weighted by Crippen LogP contribution is -1.87. The van der Waals surface area contributed by atoms with Crippen LogP contribution in [0.5, 0.6) is 5.75 Å². The third-order valence-corrected chi connectivity index (χ3v) is 2.06. The van der Waals surface area contributed by atoms with Crippen LogP contribution in [-0.2, 0) is 6.42 Å². The number of rotatable bonds is 2. The van der Waals surface area contributed by atoms with E-state index >= 15 is 0 Å². The molecule has 0 fully saturated rings. The zero-order valence-electron chi connectivity index (χ0n) is 6.67. The van der Waals surface area contributed by atoms with Gasteiger partial charge in [0.2, 0.25) is 0 Å². The number of benzene rings is 1. The molecule has 1 aromatic rings. The average Bonchev–Trinajstić information content (AvgIpc) is 2.08. The van der Waals surface area contributed by atoms with Gasteiger partial charge in [0, 0.05) is 5.02 Å². The van der Waals surface area contributed by atoms with Gasteiger partial charge < -0.3 is 5.11 Å². The highest BCUT2D eigenvalue weighted by molar-refractivity contribution is 6.31. The van der Waals surface area contributed by atoms with Crippen LogP contribution < -0.4 is 0 Å².